The lowest BCUT2D eigenvalue weighted by molar-refractivity contribution is -0.127. The zero-order valence-corrected chi connectivity index (χ0v) is 16.2. The van der Waals surface area contributed by atoms with Gasteiger partial charge in [0.1, 0.15) is 12.0 Å². The molecule has 2 aromatic rings. The van der Waals surface area contributed by atoms with Gasteiger partial charge in [-0.15, -0.1) is 10.2 Å². The minimum atomic E-state index is -1.03. The van der Waals surface area contributed by atoms with Crippen molar-refractivity contribution < 1.29 is 9.59 Å². The van der Waals surface area contributed by atoms with Crippen molar-refractivity contribution in [3.8, 4) is 0 Å². The summed E-state index contributed by atoms with van der Waals surface area (Å²) in [6.45, 7) is 2.62. The number of nitrogens with zero attached hydrogens (tertiary/aromatic N) is 3. The number of hydrogen-bond donors (Lipinski definition) is 4. The van der Waals surface area contributed by atoms with Gasteiger partial charge >= 0.3 is 0 Å². The Labute approximate surface area is 168 Å². The highest BCUT2D eigenvalue weighted by Gasteiger charge is 2.36. The molecule has 0 radical (unpaired) electrons. The molecule has 1 unspecified atom stereocenters. The lowest BCUT2D eigenvalue weighted by Gasteiger charge is -2.22. The number of ketones is 2. The first-order valence-corrected chi connectivity index (χ1v) is 9.08. The quantitative estimate of drug-likeness (QED) is 0.373. The number of amidine groups is 2. The highest BCUT2D eigenvalue weighted by atomic mass is 35.5. The molecule has 0 amide bonds. The average Bonchev–Trinajstić information content (AvgIpc) is 3.24. The van der Waals surface area contributed by atoms with Crippen molar-refractivity contribution in [2.75, 3.05) is 0 Å². The zero-order valence-electron chi connectivity index (χ0n) is 15.4. The highest BCUT2D eigenvalue weighted by Crippen LogP contribution is 2.28. The monoisotopic (exact) mass is 413 g/mol. The summed E-state index contributed by atoms with van der Waals surface area (Å²) >= 11 is 6.01. The Morgan fingerprint density at radius 3 is 2.45 bits per heavy atom. The number of aromatic amines is 2. The minimum absolute atomic E-state index is 0.312. The number of H-pyrrole nitrogens is 2. The molecule has 3 heterocycles. The number of carbonyl (C=O) groups excluding carboxylic acids is 2. The first kappa shape index (κ1) is 19.0. The normalized spacial score (nSPS) is 17.2. The number of rotatable bonds is 5. The fourth-order valence-corrected chi connectivity index (χ4v) is 3.44. The molecule has 0 aliphatic carbocycles. The van der Waals surface area contributed by atoms with Gasteiger partial charge in [0.15, 0.2) is 28.7 Å². The summed E-state index contributed by atoms with van der Waals surface area (Å²) in [5.41, 5.74) is 6.87. The van der Waals surface area contributed by atoms with Crippen molar-refractivity contribution in [1.29, 1.82) is 0 Å². The lowest BCUT2D eigenvalue weighted by Crippen LogP contribution is -2.54. The van der Waals surface area contributed by atoms with Crippen LogP contribution in [0, 0.1) is 5.92 Å². The number of hydrogen-bond acceptors (Lipinski definition) is 8. The van der Waals surface area contributed by atoms with Crippen LogP contribution >= 0.6 is 11.6 Å². The first-order chi connectivity index (χ1) is 13.9. The Bertz CT molecular complexity index is 1240. The second-order valence-corrected chi connectivity index (χ2v) is 7.07. The van der Waals surface area contributed by atoms with Gasteiger partial charge in [-0.05, 0) is 37.1 Å². The molecule has 11 heteroatoms. The van der Waals surface area contributed by atoms with Crippen molar-refractivity contribution in [2.45, 2.75) is 19.9 Å². The van der Waals surface area contributed by atoms with Gasteiger partial charge in [0.05, 0.1) is 5.22 Å². The van der Waals surface area contributed by atoms with Gasteiger partial charge in [-0.3, -0.25) is 24.6 Å². The molecule has 0 saturated heterocycles. The lowest BCUT2D eigenvalue weighted by atomic mass is 9.88. The number of nitrogens with one attached hydrogen (secondary N) is 4. The Hall–Kier alpha value is -3.37. The van der Waals surface area contributed by atoms with Crippen molar-refractivity contribution in [2.24, 2.45) is 21.1 Å². The summed E-state index contributed by atoms with van der Waals surface area (Å²) in [4.78, 5) is 40.2. The largest absolute Gasteiger partial charge is 0.306 e. The molecule has 1 atom stereocenters. The molecule has 29 heavy (non-hydrogen) atoms. The van der Waals surface area contributed by atoms with E-state index in [1.54, 1.807) is 24.3 Å². The Kier molecular flexibility index (Phi) is 4.73. The van der Waals surface area contributed by atoms with Gasteiger partial charge in [0.2, 0.25) is 0 Å². The third-order valence-electron chi connectivity index (χ3n) is 4.65. The number of aromatic nitrogens is 2. The predicted molar refractivity (Wildman–Crippen MR) is 106 cm³/mol. The van der Waals surface area contributed by atoms with E-state index in [9.17, 15) is 14.4 Å². The number of Topliss-reactive ketones (excluding diaryl/α,β-unsaturated/α-hetero) is 2. The van der Waals surface area contributed by atoms with Crippen LogP contribution in [0.25, 0.3) is 5.57 Å². The van der Waals surface area contributed by atoms with E-state index in [1.807, 2.05) is 0 Å². The van der Waals surface area contributed by atoms with Crippen molar-refractivity contribution in [1.82, 2.24) is 21.0 Å². The fourth-order valence-electron chi connectivity index (χ4n) is 3.31. The van der Waals surface area contributed by atoms with Gasteiger partial charge in [-0.25, -0.2) is 10.4 Å². The van der Waals surface area contributed by atoms with E-state index in [4.69, 9.17) is 11.6 Å². The standard InChI is InChI=1S/C18H16ClN7O3/c1-7(27)14(8(2)28)21-24-17-12-11(9-3-5-10(19)6-4-9)13-16(23-26-18(13)29)20-15(12)22-25-17/h3-6,12,14,21H,1-2H3,(H,24,25)(H,26,29)(H,20,22,23). The summed E-state index contributed by atoms with van der Waals surface area (Å²) < 4.78 is 0. The van der Waals surface area contributed by atoms with Crippen LogP contribution in [0.5, 0.6) is 0 Å². The van der Waals surface area contributed by atoms with E-state index in [0.29, 0.717) is 33.0 Å². The minimum Gasteiger partial charge on any atom is -0.306 e. The number of hydrazine groups is 1. The molecule has 1 aromatic heterocycles. The molecule has 0 fully saturated rings. The van der Waals surface area contributed by atoms with Crippen LogP contribution in [-0.2, 0) is 9.59 Å². The summed E-state index contributed by atoms with van der Waals surface area (Å²) in [6, 6.07) is 5.97. The number of carbonyl (C=O) groups is 2. The summed E-state index contributed by atoms with van der Waals surface area (Å²) in [7, 11) is 0. The number of halogens is 1. The van der Waals surface area contributed by atoms with Crippen LogP contribution in [-0.4, -0.2) is 39.5 Å². The van der Waals surface area contributed by atoms with Crippen molar-refractivity contribution >= 4 is 40.4 Å². The molecule has 0 saturated carbocycles. The first-order valence-electron chi connectivity index (χ1n) is 8.70. The van der Waals surface area contributed by atoms with E-state index in [1.165, 1.54) is 13.8 Å². The van der Waals surface area contributed by atoms with Crippen LogP contribution in [0.1, 0.15) is 19.4 Å². The molecule has 148 valence electrons. The average molecular weight is 414 g/mol. The van der Waals surface area contributed by atoms with Gasteiger partial charge < -0.3 is 5.43 Å². The van der Waals surface area contributed by atoms with Crippen molar-refractivity contribution in [3.63, 3.8) is 0 Å². The van der Waals surface area contributed by atoms with Crippen LogP contribution in [0.2, 0.25) is 5.02 Å². The van der Waals surface area contributed by atoms with Crippen LogP contribution < -0.4 is 27.1 Å². The fraction of sp³-hybridized carbons (Fsp3) is 0.222. The third-order valence-corrected chi connectivity index (χ3v) is 4.90. The third kappa shape index (κ3) is 3.32. The predicted octanol–water partition coefficient (Wildman–Crippen LogP) is -0.829. The van der Waals surface area contributed by atoms with Crippen LogP contribution in [0.4, 0.5) is 0 Å². The molecule has 10 nitrogen and oxygen atoms in total. The Morgan fingerprint density at radius 1 is 1.10 bits per heavy atom. The Morgan fingerprint density at radius 2 is 1.79 bits per heavy atom. The molecule has 2 aliphatic heterocycles. The molecule has 1 aromatic carbocycles. The zero-order chi connectivity index (χ0) is 20.7. The number of fused-ring (bicyclic) bond motifs is 2. The summed E-state index contributed by atoms with van der Waals surface area (Å²) in [5, 5.41) is 14.4. The molecule has 0 spiro atoms. The molecule has 4 N–H and O–H groups in total. The van der Waals surface area contributed by atoms with E-state index in [0.717, 1.165) is 5.56 Å². The molecular formula is C18H16ClN7O3. The summed E-state index contributed by atoms with van der Waals surface area (Å²) in [6.07, 6.45) is 0. The highest BCUT2D eigenvalue weighted by molar-refractivity contribution is 6.30. The molecule has 0 bridgehead atoms. The van der Waals surface area contributed by atoms with Gasteiger partial charge in [0, 0.05) is 5.02 Å². The van der Waals surface area contributed by atoms with Crippen LogP contribution in [0.15, 0.2) is 44.3 Å². The van der Waals surface area contributed by atoms with Gasteiger partial charge in [-0.2, -0.15) is 0 Å². The summed E-state index contributed by atoms with van der Waals surface area (Å²) in [5.74, 6) is -0.599. The van der Waals surface area contributed by atoms with E-state index in [-0.39, 0.29) is 17.1 Å². The van der Waals surface area contributed by atoms with E-state index >= 15 is 0 Å². The van der Waals surface area contributed by atoms with E-state index in [2.05, 4.69) is 36.2 Å². The Balaban J connectivity index is 1.78. The van der Waals surface area contributed by atoms with E-state index < -0.39 is 12.0 Å². The van der Waals surface area contributed by atoms with Gasteiger partial charge in [-0.1, -0.05) is 23.7 Å². The number of benzene rings is 1. The molecular weight excluding hydrogens is 398 g/mol. The molecule has 4 rings (SSSR count). The maximum absolute atomic E-state index is 12.5. The van der Waals surface area contributed by atoms with Gasteiger partial charge in [0.25, 0.3) is 5.56 Å². The maximum atomic E-state index is 12.5. The smallest absolute Gasteiger partial charge is 0.273 e. The maximum Gasteiger partial charge on any atom is 0.273 e. The van der Waals surface area contributed by atoms with Crippen molar-refractivity contribution in [3.05, 3.63) is 55.9 Å². The second kappa shape index (κ2) is 7.22. The van der Waals surface area contributed by atoms with Crippen LogP contribution in [0.3, 0.4) is 0 Å². The SMILES string of the molecule is CC(=O)C(NNC1=NN=C2N=c3[nH][nH]c(=O)c3=C(c3ccc(Cl)cc3)C21)C(C)=O. The topological polar surface area (TPSA) is 144 Å². The molecule has 2 aliphatic rings. The second-order valence-electron chi connectivity index (χ2n) is 6.64.